The molecule has 0 aliphatic rings. The molecule has 0 bridgehead atoms. The smallest absolute Gasteiger partial charge is 0.343 e. The average Bonchev–Trinajstić information content (AvgIpc) is 2.64. The van der Waals surface area contributed by atoms with Crippen LogP contribution in [0.3, 0.4) is 0 Å². The largest absolute Gasteiger partial charge is 0.493 e. The minimum Gasteiger partial charge on any atom is -0.493 e. The standard InChI is InChI=1S/C19H23NO5S/c1-5-20(6-2)26(22,23)16-9-7-8-15(13-16)19(21)25-17-11-10-14(3)12-18(17)24-4/h7-13H,5-6H2,1-4H3. The Balaban J connectivity index is 2.32. The molecule has 2 aromatic carbocycles. The molecule has 0 amide bonds. The van der Waals surface area contributed by atoms with Gasteiger partial charge in [0, 0.05) is 13.1 Å². The Hall–Kier alpha value is -2.38. The summed E-state index contributed by atoms with van der Waals surface area (Å²) in [5, 5.41) is 0. The van der Waals surface area contributed by atoms with Crippen molar-refractivity contribution >= 4 is 16.0 Å². The lowest BCUT2D eigenvalue weighted by Crippen LogP contribution is -2.30. The maximum absolute atomic E-state index is 12.6. The number of esters is 1. The van der Waals surface area contributed by atoms with Gasteiger partial charge in [0.15, 0.2) is 11.5 Å². The van der Waals surface area contributed by atoms with Crippen LogP contribution in [0.15, 0.2) is 47.4 Å². The molecule has 2 aromatic rings. The van der Waals surface area contributed by atoms with Crippen molar-refractivity contribution < 1.29 is 22.7 Å². The Kier molecular flexibility index (Phi) is 6.39. The van der Waals surface area contributed by atoms with E-state index >= 15 is 0 Å². The topological polar surface area (TPSA) is 72.9 Å². The fourth-order valence-electron chi connectivity index (χ4n) is 2.51. The number of carbonyl (C=O) groups is 1. The van der Waals surface area contributed by atoms with E-state index in [-0.39, 0.29) is 16.2 Å². The second kappa shape index (κ2) is 8.33. The Morgan fingerprint density at radius 3 is 2.35 bits per heavy atom. The fourth-order valence-corrected chi connectivity index (χ4v) is 4.02. The molecule has 26 heavy (non-hydrogen) atoms. The molecule has 0 N–H and O–H groups in total. The van der Waals surface area contributed by atoms with Crippen LogP contribution < -0.4 is 9.47 Å². The van der Waals surface area contributed by atoms with Crippen molar-refractivity contribution in [2.45, 2.75) is 25.7 Å². The normalized spacial score (nSPS) is 11.4. The zero-order chi connectivity index (χ0) is 19.3. The van der Waals surface area contributed by atoms with Gasteiger partial charge in [0.25, 0.3) is 0 Å². The molecular weight excluding hydrogens is 354 g/mol. The quantitative estimate of drug-likeness (QED) is 0.547. The highest BCUT2D eigenvalue weighted by atomic mass is 32.2. The van der Waals surface area contributed by atoms with Crippen molar-refractivity contribution in [3.63, 3.8) is 0 Å². The second-order valence-electron chi connectivity index (χ2n) is 5.66. The SMILES string of the molecule is CCN(CC)S(=O)(=O)c1cccc(C(=O)Oc2ccc(C)cc2OC)c1. The Labute approximate surface area is 154 Å². The van der Waals surface area contributed by atoms with Crippen LogP contribution in [0, 0.1) is 6.92 Å². The molecule has 0 fully saturated rings. The molecule has 140 valence electrons. The highest BCUT2D eigenvalue weighted by Crippen LogP contribution is 2.28. The molecule has 0 radical (unpaired) electrons. The summed E-state index contributed by atoms with van der Waals surface area (Å²) in [5.74, 6) is 0.0640. The third-order valence-electron chi connectivity index (χ3n) is 3.93. The van der Waals surface area contributed by atoms with E-state index in [1.54, 1.807) is 32.0 Å². The van der Waals surface area contributed by atoms with Crippen LogP contribution >= 0.6 is 0 Å². The summed E-state index contributed by atoms with van der Waals surface area (Å²) in [4.78, 5) is 12.5. The number of nitrogens with zero attached hydrogens (tertiary/aromatic N) is 1. The molecule has 0 aliphatic carbocycles. The fraction of sp³-hybridized carbons (Fsp3) is 0.316. The van der Waals surface area contributed by atoms with E-state index in [1.807, 2.05) is 6.92 Å². The summed E-state index contributed by atoms with van der Waals surface area (Å²) in [6, 6.07) is 11.0. The first-order valence-corrected chi connectivity index (χ1v) is 9.74. The number of hydrogen-bond donors (Lipinski definition) is 0. The minimum atomic E-state index is -3.65. The van der Waals surface area contributed by atoms with E-state index in [0.717, 1.165) is 5.56 Å². The first kappa shape index (κ1) is 19.9. The number of ether oxygens (including phenoxy) is 2. The summed E-state index contributed by atoms with van der Waals surface area (Å²) < 4.78 is 37.2. The number of rotatable bonds is 7. The van der Waals surface area contributed by atoms with Crippen LogP contribution in [0.4, 0.5) is 0 Å². The molecule has 0 heterocycles. The number of carbonyl (C=O) groups excluding carboxylic acids is 1. The van der Waals surface area contributed by atoms with E-state index in [1.165, 1.54) is 35.7 Å². The maximum Gasteiger partial charge on any atom is 0.343 e. The molecule has 0 aliphatic heterocycles. The summed E-state index contributed by atoms with van der Waals surface area (Å²) in [6.45, 7) is 6.14. The van der Waals surface area contributed by atoms with E-state index in [9.17, 15) is 13.2 Å². The molecule has 0 atom stereocenters. The van der Waals surface area contributed by atoms with Crippen LogP contribution in [-0.4, -0.2) is 38.9 Å². The van der Waals surface area contributed by atoms with Crippen molar-refractivity contribution in [3.8, 4) is 11.5 Å². The van der Waals surface area contributed by atoms with E-state index in [2.05, 4.69) is 0 Å². The van der Waals surface area contributed by atoms with E-state index < -0.39 is 16.0 Å². The summed E-state index contributed by atoms with van der Waals surface area (Å²) in [5.41, 5.74) is 1.12. The minimum absolute atomic E-state index is 0.0616. The van der Waals surface area contributed by atoms with E-state index in [4.69, 9.17) is 9.47 Å². The summed E-state index contributed by atoms with van der Waals surface area (Å²) >= 11 is 0. The zero-order valence-electron chi connectivity index (χ0n) is 15.4. The molecule has 0 spiro atoms. The lowest BCUT2D eigenvalue weighted by molar-refractivity contribution is 0.0729. The average molecular weight is 377 g/mol. The number of hydrogen-bond acceptors (Lipinski definition) is 5. The third-order valence-corrected chi connectivity index (χ3v) is 5.98. The van der Waals surface area contributed by atoms with Gasteiger partial charge in [0.2, 0.25) is 10.0 Å². The summed E-state index contributed by atoms with van der Waals surface area (Å²) in [7, 11) is -2.16. The van der Waals surface area contributed by atoms with Crippen LogP contribution in [0.2, 0.25) is 0 Å². The number of sulfonamides is 1. The van der Waals surface area contributed by atoms with Crippen LogP contribution in [0.25, 0.3) is 0 Å². The second-order valence-corrected chi connectivity index (χ2v) is 7.60. The van der Waals surface area contributed by atoms with Gasteiger partial charge in [-0.1, -0.05) is 26.0 Å². The molecule has 0 saturated heterocycles. The van der Waals surface area contributed by atoms with Crippen LogP contribution in [0.5, 0.6) is 11.5 Å². The van der Waals surface area contributed by atoms with Gasteiger partial charge in [-0.25, -0.2) is 13.2 Å². The predicted molar refractivity (Wildman–Crippen MR) is 99.2 cm³/mol. The number of benzene rings is 2. The van der Waals surface area contributed by atoms with Gasteiger partial charge >= 0.3 is 5.97 Å². The lowest BCUT2D eigenvalue weighted by Gasteiger charge is -2.18. The van der Waals surface area contributed by atoms with Gasteiger partial charge in [-0.3, -0.25) is 0 Å². The van der Waals surface area contributed by atoms with Gasteiger partial charge in [-0.15, -0.1) is 0 Å². The van der Waals surface area contributed by atoms with Crippen LogP contribution in [0.1, 0.15) is 29.8 Å². The Morgan fingerprint density at radius 2 is 1.73 bits per heavy atom. The van der Waals surface area contributed by atoms with Gasteiger partial charge in [0.1, 0.15) is 0 Å². The summed E-state index contributed by atoms with van der Waals surface area (Å²) in [6.07, 6.45) is 0. The van der Waals surface area contributed by atoms with E-state index in [0.29, 0.717) is 18.8 Å². The van der Waals surface area contributed by atoms with Crippen molar-refractivity contribution in [2.24, 2.45) is 0 Å². The lowest BCUT2D eigenvalue weighted by atomic mass is 10.2. The van der Waals surface area contributed by atoms with Gasteiger partial charge < -0.3 is 9.47 Å². The first-order valence-electron chi connectivity index (χ1n) is 8.30. The highest BCUT2D eigenvalue weighted by Gasteiger charge is 2.23. The molecule has 0 aromatic heterocycles. The number of aryl methyl sites for hydroxylation is 1. The van der Waals surface area contributed by atoms with Gasteiger partial charge in [-0.05, 0) is 42.8 Å². The molecule has 7 heteroatoms. The zero-order valence-corrected chi connectivity index (χ0v) is 16.2. The molecular formula is C19H23NO5S. The molecule has 2 rings (SSSR count). The monoisotopic (exact) mass is 377 g/mol. The Morgan fingerprint density at radius 1 is 1.04 bits per heavy atom. The first-order chi connectivity index (χ1) is 12.3. The molecule has 6 nitrogen and oxygen atoms in total. The third kappa shape index (κ3) is 4.23. The Bertz CT molecular complexity index is 889. The van der Waals surface area contributed by atoms with Gasteiger partial charge in [-0.2, -0.15) is 4.31 Å². The van der Waals surface area contributed by atoms with Crippen molar-refractivity contribution in [2.75, 3.05) is 20.2 Å². The van der Waals surface area contributed by atoms with Gasteiger partial charge in [0.05, 0.1) is 17.6 Å². The van der Waals surface area contributed by atoms with Crippen molar-refractivity contribution in [1.82, 2.24) is 4.31 Å². The number of methoxy groups -OCH3 is 1. The predicted octanol–water partition coefficient (Wildman–Crippen LogP) is 3.25. The maximum atomic E-state index is 12.6. The van der Waals surface area contributed by atoms with Crippen molar-refractivity contribution in [3.05, 3.63) is 53.6 Å². The molecule has 0 saturated carbocycles. The highest BCUT2D eigenvalue weighted by molar-refractivity contribution is 7.89. The van der Waals surface area contributed by atoms with Crippen LogP contribution in [-0.2, 0) is 10.0 Å². The molecule has 0 unspecified atom stereocenters. The van der Waals surface area contributed by atoms with Crippen molar-refractivity contribution in [1.29, 1.82) is 0 Å².